The maximum absolute atomic E-state index is 6.73. The van der Waals surface area contributed by atoms with Crippen LogP contribution in [-0.4, -0.2) is 22.6 Å². The molecule has 1 aliphatic rings. The number of benzene rings is 8. The Morgan fingerprint density at radius 1 is 0.608 bits per heavy atom. The van der Waals surface area contributed by atoms with Crippen molar-refractivity contribution in [3.8, 4) is 61.7 Å². The molecule has 0 bridgehead atoms. The minimum atomic E-state index is -1.41. The number of para-hydroxylation sites is 2. The molecule has 11 aromatic rings. The van der Waals surface area contributed by atoms with Crippen molar-refractivity contribution in [3.05, 3.63) is 216 Å². The number of hydrogen-bond donors (Lipinski definition) is 0. The van der Waals surface area contributed by atoms with Crippen LogP contribution in [0.25, 0.3) is 94.7 Å². The van der Waals surface area contributed by atoms with E-state index in [0.29, 0.717) is 5.92 Å². The molecule has 0 spiro atoms. The van der Waals surface area contributed by atoms with Crippen molar-refractivity contribution < 1.29 is 24.5 Å². The van der Waals surface area contributed by atoms with E-state index in [0.717, 1.165) is 68.5 Å². The fraction of sp³-hybridized carbons (Fsp3) is 0.206. The van der Waals surface area contributed by atoms with Gasteiger partial charge in [-0.05, 0) is 116 Å². The fourth-order valence-corrected chi connectivity index (χ4v) is 12.6. The third kappa shape index (κ3) is 9.56. The zero-order valence-corrected chi connectivity index (χ0v) is 47.4. The number of hydrogen-bond acceptors (Lipinski definition) is 3. The van der Waals surface area contributed by atoms with Crippen LogP contribution in [0.3, 0.4) is 0 Å². The summed E-state index contributed by atoms with van der Waals surface area (Å²) in [5.74, 6) is 2.05. The van der Waals surface area contributed by atoms with Crippen molar-refractivity contribution in [1.29, 1.82) is 0 Å². The van der Waals surface area contributed by atoms with Gasteiger partial charge in [0.1, 0.15) is 5.58 Å². The molecule has 1 aliphatic carbocycles. The van der Waals surface area contributed by atoms with Gasteiger partial charge in [-0.25, -0.2) is 0 Å². The Balaban J connectivity index is 0.000000191. The molecular formula is C68H63IrN3OSi-2. The minimum absolute atomic E-state index is 0. The smallest absolute Gasteiger partial charge is 0.121 e. The van der Waals surface area contributed by atoms with Crippen LogP contribution in [0, 0.1) is 18.1 Å². The Morgan fingerprint density at radius 3 is 1.93 bits per heavy atom. The molecule has 74 heavy (non-hydrogen) atoms. The van der Waals surface area contributed by atoms with E-state index >= 15 is 0 Å². The number of furan rings is 1. The second-order valence-electron chi connectivity index (χ2n) is 21.9. The molecule has 0 fully saturated rings. The first-order valence-electron chi connectivity index (χ1n) is 26.1. The van der Waals surface area contributed by atoms with Gasteiger partial charge in [-0.1, -0.05) is 199 Å². The molecule has 0 N–H and O–H groups in total. The van der Waals surface area contributed by atoms with Crippen molar-refractivity contribution in [2.24, 2.45) is 5.92 Å². The minimum Gasteiger partial charge on any atom is -0.501 e. The second-order valence-corrected chi connectivity index (χ2v) is 26.9. The number of pyridine rings is 1. The van der Waals surface area contributed by atoms with Crippen LogP contribution in [0.5, 0.6) is 0 Å². The number of aromatic nitrogens is 3. The van der Waals surface area contributed by atoms with Crippen LogP contribution >= 0.6 is 0 Å². The molecule has 0 unspecified atom stereocenters. The number of nitrogens with zero attached hydrogens (tertiary/aromatic N) is 3. The standard InChI is InChI=1S/C43H35N2O.C25H28NSi.Ir/c1-27(2)36-24-32(30-16-9-6-10-17-30)25-37(28(3)4)41(36)45-39-21-12-11-20-38(39)44-43(45)35-19-13-18-34-33-23-22-31(26-40(33)46-42(34)35)29-14-7-5-8-15-29;1-17(2)13-19-15-24(26-16-25(19)27(3,4)5)22-12-8-11-21-20-10-7-6-9-18(20)14-23(21)22;/h5-18,20-28H,1-4H3;6-11,15-17H,13-14H2,1-5H3;/q2*-1;. The summed E-state index contributed by atoms with van der Waals surface area (Å²) in [6.07, 6.45) is 4.26. The van der Waals surface area contributed by atoms with Crippen LogP contribution in [-0.2, 0) is 32.9 Å². The van der Waals surface area contributed by atoms with Crippen molar-refractivity contribution in [3.63, 3.8) is 0 Å². The van der Waals surface area contributed by atoms with Crippen LogP contribution < -0.4 is 5.19 Å². The molecule has 3 heterocycles. The summed E-state index contributed by atoms with van der Waals surface area (Å²) in [6.45, 7) is 21.0. The first-order chi connectivity index (χ1) is 35.3. The fourth-order valence-electron chi connectivity index (χ4n) is 11.0. The van der Waals surface area contributed by atoms with Crippen LogP contribution in [0.15, 0.2) is 180 Å². The zero-order chi connectivity index (χ0) is 50.5. The van der Waals surface area contributed by atoms with Gasteiger partial charge in [-0.15, -0.1) is 47.5 Å². The van der Waals surface area contributed by atoms with Crippen molar-refractivity contribution in [2.75, 3.05) is 0 Å². The predicted octanol–water partition coefficient (Wildman–Crippen LogP) is 17.8. The second kappa shape index (κ2) is 20.8. The average molecular weight is 1160 g/mol. The Kier molecular flexibility index (Phi) is 14.2. The summed E-state index contributed by atoms with van der Waals surface area (Å²) in [4.78, 5) is 10.2. The molecule has 371 valence electrons. The first kappa shape index (κ1) is 50.6. The van der Waals surface area contributed by atoms with Gasteiger partial charge < -0.3 is 14.0 Å². The molecule has 8 aromatic carbocycles. The van der Waals surface area contributed by atoms with E-state index in [4.69, 9.17) is 14.4 Å². The monoisotopic (exact) mass is 1160 g/mol. The van der Waals surface area contributed by atoms with E-state index in [9.17, 15) is 0 Å². The summed E-state index contributed by atoms with van der Waals surface area (Å²) in [5.41, 5.74) is 22.3. The van der Waals surface area contributed by atoms with Gasteiger partial charge in [-0.3, -0.25) is 4.98 Å². The van der Waals surface area contributed by atoms with Crippen LogP contribution in [0.1, 0.15) is 81.2 Å². The molecular weight excluding hydrogens is 1100 g/mol. The van der Waals surface area contributed by atoms with Crippen LogP contribution in [0.2, 0.25) is 19.6 Å². The molecule has 0 aliphatic heterocycles. The number of fused-ring (bicyclic) bond motifs is 7. The van der Waals surface area contributed by atoms with E-state index in [1.165, 1.54) is 72.1 Å². The largest absolute Gasteiger partial charge is 0.501 e. The molecule has 6 heteroatoms. The van der Waals surface area contributed by atoms with Gasteiger partial charge in [0.05, 0.1) is 30.5 Å². The van der Waals surface area contributed by atoms with E-state index in [2.05, 4.69) is 242 Å². The summed E-state index contributed by atoms with van der Waals surface area (Å²) < 4.78 is 9.10. The zero-order valence-electron chi connectivity index (χ0n) is 44.0. The predicted molar refractivity (Wildman–Crippen MR) is 310 cm³/mol. The Labute approximate surface area is 451 Å². The van der Waals surface area contributed by atoms with Gasteiger partial charge in [0.25, 0.3) is 0 Å². The maximum Gasteiger partial charge on any atom is 0.121 e. The van der Waals surface area contributed by atoms with E-state index < -0.39 is 8.07 Å². The topological polar surface area (TPSA) is 43.9 Å². The number of imidazole rings is 1. The third-order valence-electron chi connectivity index (χ3n) is 14.5. The van der Waals surface area contributed by atoms with Gasteiger partial charge in [0.15, 0.2) is 0 Å². The SMILES string of the molecule is CC(C)Cc1cc(-c2[c-]ccc3c2Cc2ccccc2-3)ncc1[Si](C)(C)C.CC(C)c1cc(-c2ccccc2)cc(C(C)C)c1-n1c(-c2[c-]ccc3c2oc2cc(-c4ccccc4)ccc23)nc2ccccc21.[Ir]. The summed E-state index contributed by atoms with van der Waals surface area (Å²) in [5, 5.41) is 3.65. The van der Waals surface area contributed by atoms with Crippen molar-refractivity contribution in [1.82, 2.24) is 14.5 Å². The van der Waals surface area contributed by atoms with E-state index in [1.54, 1.807) is 0 Å². The summed E-state index contributed by atoms with van der Waals surface area (Å²) in [7, 11) is -1.41. The van der Waals surface area contributed by atoms with Gasteiger partial charge in [-0.2, -0.15) is 0 Å². The molecule has 0 atom stereocenters. The van der Waals surface area contributed by atoms with Crippen molar-refractivity contribution >= 4 is 46.2 Å². The summed E-state index contributed by atoms with van der Waals surface area (Å²) in [6, 6.07) is 67.4. The Bertz CT molecular complexity index is 3790. The molecule has 0 saturated heterocycles. The normalized spacial score (nSPS) is 12.1. The van der Waals surface area contributed by atoms with Gasteiger partial charge >= 0.3 is 0 Å². The third-order valence-corrected chi connectivity index (χ3v) is 16.6. The van der Waals surface area contributed by atoms with E-state index in [-0.39, 0.29) is 31.9 Å². The molecule has 0 amide bonds. The quantitative estimate of drug-likeness (QED) is 0.101. The summed E-state index contributed by atoms with van der Waals surface area (Å²) >= 11 is 0. The molecule has 0 saturated carbocycles. The van der Waals surface area contributed by atoms with Crippen LogP contribution in [0.4, 0.5) is 0 Å². The van der Waals surface area contributed by atoms with E-state index in [1.807, 2.05) is 12.1 Å². The molecule has 3 aromatic heterocycles. The molecule has 4 nitrogen and oxygen atoms in total. The molecule has 1 radical (unpaired) electrons. The molecule has 12 rings (SSSR count). The first-order valence-corrected chi connectivity index (χ1v) is 29.6. The van der Waals surface area contributed by atoms with Gasteiger partial charge in [0.2, 0.25) is 0 Å². The Morgan fingerprint density at radius 2 is 1.24 bits per heavy atom. The Hall–Kier alpha value is -6.95. The maximum atomic E-state index is 6.73. The van der Waals surface area contributed by atoms with Gasteiger partial charge in [0, 0.05) is 37.4 Å². The average Bonchev–Trinajstić information content (AvgIpc) is 4.10. The number of rotatable bonds is 10. The van der Waals surface area contributed by atoms with Crippen molar-refractivity contribution in [2.45, 2.75) is 85.9 Å².